The number of carbonyl (C=O) groups is 1. The third-order valence-electron chi connectivity index (χ3n) is 4.74. The van der Waals surface area contributed by atoms with Crippen molar-refractivity contribution in [2.75, 3.05) is 33.9 Å². The van der Waals surface area contributed by atoms with Gasteiger partial charge in [-0.3, -0.25) is 4.79 Å². The second-order valence-electron chi connectivity index (χ2n) is 6.29. The highest BCUT2D eigenvalue weighted by atomic mass is 32.1. The summed E-state index contributed by atoms with van der Waals surface area (Å²) >= 11 is 1.45. The van der Waals surface area contributed by atoms with E-state index >= 15 is 0 Å². The zero-order valence-electron chi connectivity index (χ0n) is 15.4. The molecule has 1 aromatic heterocycles. The lowest BCUT2D eigenvalue weighted by atomic mass is 10.1. The molecule has 6 nitrogen and oxygen atoms in total. The summed E-state index contributed by atoms with van der Waals surface area (Å²) in [6.45, 7) is 5.32. The van der Waals surface area contributed by atoms with Gasteiger partial charge < -0.3 is 19.7 Å². The monoisotopic (exact) mass is 375 g/mol. The second-order valence-corrected chi connectivity index (χ2v) is 7.15. The molecule has 140 valence electrons. The van der Waals surface area contributed by atoms with Gasteiger partial charge in [-0.1, -0.05) is 6.92 Å². The minimum absolute atomic E-state index is 0.0945. The zero-order chi connectivity index (χ0) is 18.5. The molecule has 1 fully saturated rings. The zero-order valence-corrected chi connectivity index (χ0v) is 16.3. The van der Waals surface area contributed by atoms with E-state index in [1.54, 1.807) is 14.2 Å². The number of nitrogens with one attached hydrogen (secondary N) is 1. The van der Waals surface area contributed by atoms with Crippen LogP contribution >= 0.6 is 11.3 Å². The standard InChI is InChI=1S/C19H25N3O3S/c1-4-22-9-7-14(8-10-22)20-18(23)15-12-26-19(21-15)13-5-6-16(24-2)17(11-13)25-3/h5-6,11-12,14H,4,7-10H2,1-3H3,(H,20,23). The van der Waals surface area contributed by atoms with E-state index in [9.17, 15) is 4.79 Å². The van der Waals surface area contributed by atoms with Gasteiger partial charge in [0.05, 0.1) is 14.2 Å². The number of rotatable bonds is 6. The number of piperidine rings is 1. The maximum atomic E-state index is 12.5. The molecule has 0 aliphatic carbocycles. The lowest BCUT2D eigenvalue weighted by Gasteiger charge is -2.31. The first-order valence-electron chi connectivity index (χ1n) is 8.85. The average molecular weight is 375 g/mol. The van der Waals surface area contributed by atoms with E-state index < -0.39 is 0 Å². The Morgan fingerprint density at radius 3 is 2.65 bits per heavy atom. The predicted molar refractivity (Wildman–Crippen MR) is 103 cm³/mol. The molecule has 1 N–H and O–H groups in total. The Bertz CT molecular complexity index is 754. The van der Waals surface area contributed by atoms with Crippen LogP contribution in [0.1, 0.15) is 30.3 Å². The molecule has 1 aromatic carbocycles. The Morgan fingerprint density at radius 1 is 1.27 bits per heavy atom. The lowest BCUT2D eigenvalue weighted by Crippen LogP contribution is -2.44. The second kappa shape index (κ2) is 8.51. The summed E-state index contributed by atoms with van der Waals surface area (Å²) in [5.74, 6) is 1.22. The van der Waals surface area contributed by atoms with Crippen LogP contribution < -0.4 is 14.8 Å². The number of aromatic nitrogens is 1. The van der Waals surface area contributed by atoms with Gasteiger partial charge in [0, 0.05) is 30.1 Å². The van der Waals surface area contributed by atoms with Crippen LogP contribution in [0.25, 0.3) is 10.6 Å². The predicted octanol–water partition coefficient (Wildman–Crippen LogP) is 3.04. The Labute approximate surface area is 158 Å². The quantitative estimate of drug-likeness (QED) is 0.841. The number of benzene rings is 1. The third kappa shape index (κ3) is 4.16. The molecule has 1 aliphatic heterocycles. The number of hydrogen-bond donors (Lipinski definition) is 1. The summed E-state index contributed by atoms with van der Waals surface area (Å²) in [6, 6.07) is 5.87. The molecule has 0 radical (unpaired) electrons. The molecule has 0 bridgehead atoms. The highest BCUT2D eigenvalue weighted by Gasteiger charge is 2.21. The van der Waals surface area contributed by atoms with Crippen LogP contribution in [0.2, 0.25) is 0 Å². The molecule has 2 aromatic rings. The van der Waals surface area contributed by atoms with Gasteiger partial charge >= 0.3 is 0 Å². The van der Waals surface area contributed by atoms with Gasteiger partial charge in [-0.15, -0.1) is 11.3 Å². The van der Waals surface area contributed by atoms with Crippen molar-refractivity contribution in [1.29, 1.82) is 0 Å². The molecule has 7 heteroatoms. The first-order chi connectivity index (χ1) is 12.6. The van der Waals surface area contributed by atoms with Gasteiger partial charge in [0.25, 0.3) is 5.91 Å². The maximum Gasteiger partial charge on any atom is 0.270 e. The van der Waals surface area contributed by atoms with Crippen molar-refractivity contribution in [2.24, 2.45) is 0 Å². The molecule has 26 heavy (non-hydrogen) atoms. The van der Waals surface area contributed by atoms with E-state index in [4.69, 9.17) is 9.47 Å². The summed E-state index contributed by atoms with van der Waals surface area (Å²) in [7, 11) is 3.21. The minimum atomic E-state index is -0.0945. The van der Waals surface area contributed by atoms with Crippen LogP contribution in [0, 0.1) is 0 Å². The molecule has 3 rings (SSSR count). The van der Waals surface area contributed by atoms with Gasteiger partial charge in [-0.2, -0.15) is 0 Å². The SMILES string of the molecule is CCN1CCC(NC(=O)c2csc(-c3ccc(OC)c(OC)c3)n2)CC1. The molecule has 0 atom stereocenters. The van der Waals surface area contributed by atoms with Crippen molar-refractivity contribution in [3.05, 3.63) is 29.3 Å². The normalized spacial score (nSPS) is 15.7. The smallest absolute Gasteiger partial charge is 0.270 e. The summed E-state index contributed by atoms with van der Waals surface area (Å²) in [6.07, 6.45) is 1.98. The Kier molecular flexibility index (Phi) is 6.11. The Morgan fingerprint density at radius 2 is 2.00 bits per heavy atom. The number of thiazole rings is 1. The minimum Gasteiger partial charge on any atom is -0.493 e. The highest BCUT2D eigenvalue weighted by Crippen LogP contribution is 2.33. The number of ether oxygens (including phenoxy) is 2. The molecule has 1 amide bonds. The van der Waals surface area contributed by atoms with Crippen molar-refractivity contribution in [2.45, 2.75) is 25.8 Å². The number of carbonyl (C=O) groups excluding carboxylic acids is 1. The van der Waals surface area contributed by atoms with Crippen LogP contribution in [0.3, 0.4) is 0 Å². The van der Waals surface area contributed by atoms with Crippen molar-refractivity contribution in [3.63, 3.8) is 0 Å². The molecule has 0 spiro atoms. The summed E-state index contributed by atoms with van der Waals surface area (Å²) in [4.78, 5) is 19.4. The van der Waals surface area contributed by atoms with E-state index in [1.165, 1.54) is 11.3 Å². The molecule has 1 saturated heterocycles. The topological polar surface area (TPSA) is 63.7 Å². The highest BCUT2D eigenvalue weighted by molar-refractivity contribution is 7.13. The first-order valence-corrected chi connectivity index (χ1v) is 9.73. The van der Waals surface area contributed by atoms with E-state index in [2.05, 4.69) is 22.1 Å². The fourth-order valence-electron chi connectivity index (χ4n) is 3.13. The van der Waals surface area contributed by atoms with Crippen LogP contribution in [0.5, 0.6) is 11.5 Å². The van der Waals surface area contributed by atoms with E-state index in [0.717, 1.165) is 43.0 Å². The van der Waals surface area contributed by atoms with Gasteiger partial charge in [-0.25, -0.2) is 4.98 Å². The van der Waals surface area contributed by atoms with Gasteiger partial charge in [0.2, 0.25) is 0 Å². The number of likely N-dealkylation sites (tertiary alicyclic amines) is 1. The third-order valence-corrected chi connectivity index (χ3v) is 5.63. The largest absolute Gasteiger partial charge is 0.493 e. The van der Waals surface area contributed by atoms with Crippen LogP contribution in [0.15, 0.2) is 23.6 Å². The first kappa shape index (κ1) is 18.7. The summed E-state index contributed by atoms with van der Waals surface area (Å²) in [5.41, 5.74) is 1.38. The Balaban J connectivity index is 1.67. The molecule has 1 aliphatic rings. The summed E-state index contributed by atoms with van der Waals surface area (Å²) < 4.78 is 10.6. The van der Waals surface area contributed by atoms with Gasteiger partial charge in [-0.05, 0) is 37.6 Å². The van der Waals surface area contributed by atoms with E-state index in [0.29, 0.717) is 17.2 Å². The molecular formula is C19H25N3O3S. The van der Waals surface area contributed by atoms with Crippen molar-refractivity contribution < 1.29 is 14.3 Å². The van der Waals surface area contributed by atoms with Gasteiger partial charge in [0.1, 0.15) is 10.7 Å². The number of hydrogen-bond acceptors (Lipinski definition) is 6. The Hall–Kier alpha value is -2.12. The molecule has 0 saturated carbocycles. The molecule has 2 heterocycles. The van der Waals surface area contributed by atoms with E-state index in [-0.39, 0.29) is 11.9 Å². The van der Waals surface area contributed by atoms with Crippen molar-refractivity contribution in [1.82, 2.24) is 15.2 Å². The van der Waals surface area contributed by atoms with Gasteiger partial charge in [0.15, 0.2) is 11.5 Å². The summed E-state index contributed by atoms with van der Waals surface area (Å²) in [5, 5.41) is 5.72. The van der Waals surface area contributed by atoms with Crippen LogP contribution in [0.4, 0.5) is 0 Å². The van der Waals surface area contributed by atoms with Crippen LogP contribution in [-0.2, 0) is 0 Å². The van der Waals surface area contributed by atoms with Crippen molar-refractivity contribution >= 4 is 17.2 Å². The van der Waals surface area contributed by atoms with Crippen molar-refractivity contribution in [3.8, 4) is 22.1 Å². The maximum absolute atomic E-state index is 12.5. The van der Waals surface area contributed by atoms with E-state index in [1.807, 2.05) is 23.6 Å². The number of methoxy groups -OCH3 is 2. The van der Waals surface area contributed by atoms with Crippen LogP contribution in [-0.4, -0.2) is 55.7 Å². The lowest BCUT2D eigenvalue weighted by molar-refractivity contribution is 0.0908. The average Bonchev–Trinajstić information content (AvgIpc) is 3.18. The number of amides is 1. The fourth-order valence-corrected chi connectivity index (χ4v) is 3.93. The fraction of sp³-hybridized carbons (Fsp3) is 0.474. The molecular weight excluding hydrogens is 350 g/mol. The number of nitrogens with zero attached hydrogens (tertiary/aromatic N) is 2. The molecule has 0 unspecified atom stereocenters.